The Kier molecular flexibility index (Phi) is 7.80. The minimum Gasteiger partial charge on any atom is -0.481 e. The minimum atomic E-state index is -0.873. The molecule has 1 heterocycles. The first-order chi connectivity index (χ1) is 16.8. The molecule has 0 radical (unpaired) electrons. The van der Waals surface area contributed by atoms with Crippen LogP contribution in [0.25, 0.3) is 16.8 Å². The number of aryl methyl sites for hydroxylation is 1. The van der Waals surface area contributed by atoms with Crippen molar-refractivity contribution in [1.82, 2.24) is 9.78 Å². The molecule has 0 spiro atoms. The van der Waals surface area contributed by atoms with E-state index >= 15 is 0 Å². The van der Waals surface area contributed by atoms with Gasteiger partial charge in [-0.2, -0.15) is 5.10 Å². The number of halogens is 2. The summed E-state index contributed by atoms with van der Waals surface area (Å²) >= 11 is 14.2. The quantitative estimate of drug-likeness (QED) is 0.256. The Hall–Kier alpha value is -3.26. The Morgan fingerprint density at radius 2 is 1.71 bits per heavy atom. The number of hydrogen-bond acceptors (Lipinski definition) is 4. The molecule has 0 aliphatic carbocycles. The van der Waals surface area contributed by atoms with Crippen LogP contribution in [-0.2, 0) is 16.0 Å². The highest BCUT2D eigenvalue weighted by Crippen LogP contribution is 2.30. The summed E-state index contributed by atoms with van der Waals surface area (Å²) in [5.74, 6) is -0.911. The number of thioether (sulfide) groups is 1. The number of carboxylic acids is 1. The number of benzene rings is 3. The lowest BCUT2D eigenvalue weighted by molar-refractivity contribution is -0.136. The van der Waals surface area contributed by atoms with E-state index in [4.69, 9.17) is 28.3 Å². The maximum Gasteiger partial charge on any atom is 0.307 e. The van der Waals surface area contributed by atoms with Crippen molar-refractivity contribution in [3.8, 4) is 16.8 Å². The molecule has 0 unspecified atom stereocenters. The van der Waals surface area contributed by atoms with E-state index < -0.39 is 5.97 Å². The number of carbonyl (C=O) groups excluding carboxylic acids is 1. The Morgan fingerprint density at radius 1 is 0.971 bits per heavy atom. The van der Waals surface area contributed by atoms with Gasteiger partial charge in [0.25, 0.3) is 0 Å². The Bertz CT molecular complexity index is 1390. The molecule has 35 heavy (non-hydrogen) atoms. The van der Waals surface area contributed by atoms with Crippen molar-refractivity contribution in [3.63, 3.8) is 0 Å². The molecule has 1 aromatic heterocycles. The van der Waals surface area contributed by atoms with Crippen molar-refractivity contribution >= 4 is 52.5 Å². The minimum absolute atomic E-state index is 0.0249. The number of carboxylic acid groups (broad SMARTS) is 1. The highest BCUT2D eigenvalue weighted by Gasteiger charge is 2.13. The summed E-state index contributed by atoms with van der Waals surface area (Å²) in [5.41, 5.74) is 4.80. The maximum atomic E-state index is 12.6. The van der Waals surface area contributed by atoms with Gasteiger partial charge in [0.15, 0.2) is 0 Å². The zero-order valence-electron chi connectivity index (χ0n) is 18.7. The summed E-state index contributed by atoms with van der Waals surface area (Å²) in [6, 6.07) is 20.2. The fourth-order valence-corrected chi connectivity index (χ4v) is 4.80. The van der Waals surface area contributed by atoms with E-state index in [2.05, 4.69) is 10.4 Å². The fraction of sp³-hybridized carbons (Fsp3) is 0.115. The van der Waals surface area contributed by atoms with Gasteiger partial charge in [-0.25, -0.2) is 4.68 Å². The van der Waals surface area contributed by atoms with E-state index in [-0.39, 0.29) is 18.1 Å². The van der Waals surface area contributed by atoms with Gasteiger partial charge in [-0.3, -0.25) is 9.59 Å². The molecule has 0 aliphatic rings. The molecule has 0 saturated heterocycles. The summed E-state index contributed by atoms with van der Waals surface area (Å²) in [5, 5.41) is 17.9. The molecule has 0 bridgehead atoms. The van der Waals surface area contributed by atoms with Crippen molar-refractivity contribution in [2.45, 2.75) is 18.4 Å². The largest absolute Gasteiger partial charge is 0.481 e. The van der Waals surface area contributed by atoms with Crippen LogP contribution in [0.2, 0.25) is 10.0 Å². The summed E-state index contributed by atoms with van der Waals surface area (Å²) in [4.78, 5) is 23.5. The monoisotopic (exact) mass is 525 g/mol. The number of aliphatic carboxylic acids is 1. The Morgan fingerprint density at radius 3 is 2.40 bits per heavy atom. The van der Waals surface area contributed by atoms with Gasteiger partial charge in [0.2, 0.25) is 5.91 Å². The van der Waals surface area contributed by atoms with Gasteiger partial charge in [0, 0.05) is 0 Å². The topological polar surface area (TPSA) is 84.2 Å². The fourth-order valence-electron chi connectivity index (χ4n) is 3.48. The van der Waals surface area contributed by atoms with Crippen molar-refractivity contribution in [3.05, 3.63) is 94.1 Å². The second-order valence-electron chi connectivity index (χ2n) is 7.84. The standard InChI is InChI=1S/C26H21Cl2N3O3S/c1-16-2-9-23(21(28)12-16)31-25(10-11-29-31)35-15-24(32)30-22-8-7-19(14-20(22)27)18-5-3-17(4-6-18)13-26(33)34/h2-12,14H,13,15H2,1H3,(H,30,32)(H,33,34). The summed E-state index contributed by atoms with van der Waals surface area (Å²) in [6.07, 6.45) is 1.64. The van der Waals surface area contributed by atoms with E-state index in [0.29, 0.717) is 15.7 Å². The van der Waals surface area contributed by atoms with Crippen molar-refractivity contribution in [2.75, 3.05) is 11.1 Å². The molecular formula is C26H21Cl2N3O3S. The van der Waals surface area contributed by atoms with Crippen molar-refractivity contribution < 1.29 is 14.7 Å². The third kappa shape index (κ3) is 6.25. The lowest BCUT2D eigenvalue weighted by atomic mass is 10.0. The number of anilines is 1. The summed E-state index contributed by atoms with van der Waals surface area (Å²) in [7, 11) is 0. The molecule has 1 amide bonds. The van der Waals surface area contributed by atoms with Crippen LogP contribution >= 0.6 is 35.0 Å². The average molecular weight is 526 g/mol. The number of aromatic nitrogens is 2. The van der Waals surface area contributed by atoms with Gasteiger partial charge in [-0.1, -0.05) is 71.4 Å². The smallest absolute Gasteiger partial charge is 0.307 e. The summed E-state index contributed by atoms with van der Waals surface area (Å²) < 4.78 is 1.71. The zero-order valence-corrected chi connectivity index (χ0v) is 21.0. The number of hydrogen-bond donors (Lipinski definition) is 2. The SMILES string of the molecule is Cc1ccc(-n2nccc2SCC(=O)Nc2ccc(-c3ccc(CC(=O)O)cc3)cc2Cl)c(Cl)c1. The van der Waals surface area contributed by atoms with E-state index in [1.165, 1.54) is 11.8 Å². The first-order valence-electron chi connectivity index (χ1n) is 10.6. The average Bonchev–Trinajstić information content (AvgIpc) is 3.27. The van der Waals surface area contributed by atoms with Crippen LogP contribution in [-0.4, -0.2) is 32.5 Å². The van der Waals surface area contributed by atoms with E-state index in [0.717, 1.165) is 33.0 Å². The highest BCUT2D eigenvalue weighted by molar-refractivity contribution is 7.99. The van der Waals surface area contributed by atoms with Gasteiger partial charge in [-0.15, -0.1) is 0 Å². The maximum absolute atomic E-state index is 12.6. The molecular weight excluding hydrogens is 505 g/mol. The number of nitrogens with one attached hydrogen (secondary N) is 1. The molecule has 0 aliphatic heterocycles. The molecule has 3 aromatic carbocycles. The molecule has 4 rings (SSSR count). The lowest BCUT2D eigenvalue weighted by Gasteiger charge is -2.11. The normalized spacial score (nSPS) is 10.8. The van der Waals surface area contributed by atoms with Crippen molar-refractivity contribution in [2.24, 2.45) is 0 Å². The lowest BCUT2D eigenvalue weighted by Crippen LogP contribution is -2.14. The molecule has 0 fully saturated rings. The summed E-state index contributed by atoms with van der Waals surface area (Å²) in [6.45, 7) is 1.97. The van der Waals surface area contributed by atoms with Crippen LogP contribution < -0.4 is 5.32 Å². The van der Waals surface area contributed by atoms with Gasteiger partial charge >= 0.3 is 5.97 Å². The molecule has 0 atom stereocenters. The Balaban J connectivity index is 1.40. The predicted molar refractivity (Wildman–Crippen MR) is 141 cm³/mol. The van der Waals surface area contributed by atoms with Crippen molar-refractivity contribution in [1.29, 1.82) is 0 Å². The first kappa shape index (κ1) is 24.9. The molecule has 9 heteroatoms. The van der Waals surface area contributed by atoms with Gasteiger partial charge in [0.05, 0.1) is 39.8 Å². The third-order valence-corrected chi connectivity index (χ3v) is 6.80. The third-order valence-electron chi connectivity index (χ3n) is 5.18. The zero-order chi connectivity index (χ0) is 24.9. The molecule has 0 saturated carbocycles. The van der Waals surface area contributed by atoms with Crippen LogP contribution in [0.4, 0.5) is 5.69 Å². The molecule has 4 aromatic rings. The van der Waals surface area contributed by atoms with Gasteiger partial charge in [0.1, 0.15) is 5.03 Å². The highest BCUT2D eigenvalue weighted by atomic mass is 35.5. The van der Waals surface area contributed by atoms with Crippen LogP contribution in [0.15, 0.2) is 78.0 Å². The molecule has 178 valence electrons. The van der Waals surface area contributed by atoms with Gasteiger partial charge in [-0.05, 0) is 59.5 Å². The second-order valence-corrected chi connectivity index (χ2v) is 9.65. The number of nitrogens with zero attached hydrogens (tertiary/aromatic N) is 2. The predicted octanol–water partition coefficient (Wildman–Crippen LogP) is 6.51. The van der Waals surface area contributed by atoms with Gasteiger partial charge < -0.3 is 10.4 Å². The Labute approximate surface area is 216 Å². The van der Waals surface area contributed by atoms with Crippen LogP contribution in [0, 0.1) is 6.92 Å². The molecule has 2 N–H and O–H groups in total. The number of rotatable bonds is 8. The van der Waals surface area contributed by atoms with Crippen LogP contribution in [0.3, 0.4) is 0 Å². The van der Waals surface area contributed by atoms with E-state index in [1.54, 1.807) is 35.1 Å². The van der Waals surface area contributed by atoms with E-state index in [1.807, 2.05) is 49.4 Å². The number of carbonyl (C=O) groups is 2. The number of amides is 1. The second kappa shape index (κ2) is 11.0. The van der Waals surface area contributed by atoms with Crippen LogP contribution in [0.1, 0.15) is 11.1 Å². The molecule has 6 nitrogen and oxygen atoms in total. The first-order valence-corrected chi connectivity index (χ1v) is 12.4. The van der Waals surface area contributed by atoms with E-state index in [9.17, 15) is 9.59 Å². The van der Waals surface area contributed by atoms with Crippen LogP contribution in [0.5, 0.6) is 0 Å².